The van der Waals surface area contributed by atoms with Gasteiger partial charge in [0.2, 0.25) is 5.95 Å². The summed E-state index contributed by atoms with van der Waals surface area (Å²) in [7, 11) is 0. The zero-order valence-electron chi connectivity index (χ0n) is 16.6. The summed E-state index contributed by atoms with van der Waals surface area (Å²) >= 11 is 6.39. The first-order valence-corrected chi connectivity index (χ1v) is 10.5. The minimum Gasteiger partial charge on any atom is -0.395 e. The number of hydrogen-bond acceptors (Lipinski definition) is 6. The molecule has 0 radical (unpaired) electrons. The molecule has 7 nitrogen and oxygen atoms in total. The number of β-amino-alcohol motifs (C(OH)–C–C–N with tert-alkyl or cyclic N) is 1. The number of hydrogen-bond donors (Lipinski definition) is 1. The lowest BCUT2D eigenvalue weighted by Gasteiger charge is -2.35. The monoisotopic (exact) mass is 422 g/mol. The lowest BCUT2D eigenvalue weighted by Crippen LogP contribution is -2.48. The molecule has 0 unspecified atom stereocenters. The van der Waals surface area contributed by atoms with Gasteiger partial charge in [-0.3, -0.25) is 14.5 Å². The van der Waals surface area contributed by atoms with Crippen LogP contribution in [0.1, 0.15) is 17.0 Å². The van der Waals surface area contributed by atoms with Crippen molar-refractivity contribution in [3.63, 3.8) is 0 Å². The minimum absolute atomic E-state index is 0.189. The summed E-state index contributed by atoms with van der Waals surface area (Å²) in [5, 5.41) is 18.9. The molecule has 0 aliphatic carbocycles. The van der Waals surface area contributed by atoms with Gasteiger partial charge in [-0.25, -0.2) is 0 Å². The number of aliphatic hydroxyl groups excluding tert-OH is 1. The van der Waals surface area contributed by atoms with Gasteiger partial charge in [0.1, 0.15) is 6.54 Å². The fourth-order valence-electron chi connectivity index (χ4n) is 4.14. The van der Waals surface area contributed by atoms with Gasteiger partial charge in [-0.15, -0.1) is 10.2 Å². The average molecular weight is 423 g/mol. The molecular weight excluding hydrogens is 400 g/mol. The number of nitrogens with zero attached hydrogens (tertiary/aromatic N) is 6. The number of piperazine rings is 1. The van der Waals surface area contributed by atoms with E-state index < -0.39 is 0 Å². The Morgan fingerprint density at radius 1 is 0.967 bits per heavy atom. The third kappa shape index (κ3) is 3.49. The minimum atomic E-state index is 0.189. The van der Waals surface area contributed by atoms with Crippen molar-refractivity contribution < 1.29 is 5.11 Å². The molecule has 1 saturated heterocycles. The zero-order valence-corrected chi connectivity index (χ0v) is 17.3. The van der Waals surface area contributed by atoms with Crippen molar-refractivity contribution >= 4 is 23.3 Å². The summed E-state index contributed by atoms with van der Waals surface area (Å²) in [6.07, 6.45) is 0. The van der Waals surface area contributed by atoms with Crippen molar-refractivity contribution in [3.8, 4) is 5.69 Å². The molecule has 1 N–H and O–H groups in total. The topological polar surface area (TPSA) is 69.8 Å². The molecule has 2 aliphatic rings. The lowest BCUT2D eigenvalue weighted by atomic mass is 10.0. The van der Waals surface area contributed by atoms with Crippen molar-refractivity contribution in [3.05, 3.63) is 70.5 Å². The Morgan fingerprint density at radius 3 is 2.53 bits per heavy atom. The average Bonchev–Trinajstić information content (AvgIpc) is 3.12. The Bertz CT molecular complexity index is 1070. The van der Waals surface area contributed by atoms with E-state index in [2.05, 4.69) is 36.7 Å². The predicted octanol–water partition coefficient (Wildman–Crippen LogP) is 2.39. The number of halogens is 1. The molecule has 0 amide bonds. The quantitative estimate of drug-likeness (QED) is 0.699. The second-order valence-electron chi connectivity index (χ2n) is 7.50. The standard InChI is InChI=1S/C22H23ClN6O/c23-17-6-7-19-18(14-17)21(16-4-2-1-3-5-16)24-15-20-25-26-22(29(19)20)28-10-8-27(9-11-28)12-13-30/h1-7,14,30H,8-13,15H2. The summed E-state index contributed by atoms with van der Waals surface area (Å²) in [5.41, 5.74) is 3.94. The molecule has 1 fully saturated rings. The molecule has 5 rings (SSSR count). The van der Waals surface area contributed by atoms with Crippen LogP contribution < -0.4 is 4.90 Å². The fraction of sp³-hybridized carbons (Fsp3) is 0.318. The van der Waals surface area contributed by atoms with Gasteiger partial charge in [0.25, 0.3) is 0 Å². The fourth-order valence-corrected chi connectivity index (χ4v) is 4.32. The van der Waals surface area contributed by atoms with E-state index in [1.165, 1.54) is 0 Å². The number of aliphatic hydroxyl groups is 1. The van der Waals surface area contributed by atoms with Crippen LogP contribution in [0.25, 0.3) is 5.69 Å². The highest BCUT2D eigenvalue weighted by molar-refractivity contribution is 6.31. The van der Waals surface area contributed by atoms with Crippen molar-refractivity contribution in [2.75, 3.05) is 44.2 Å². The van der Waals surface area contributed by atoms with Crippen LogP contribution in [0.15, 0.2) is 53.5 Å². The van der Waals surface area contributed by atoms with Crippen molar-refractivity contribution in [2.45, 2.75) is 6.54 Å². The molecular formula is C22H23ClN6O. The highest BCUT2D eigenvalue weighted by atomic mass is 35.5. The highest BCUT2D eigenvalue weighted by Gasteiger charge is 2.27. The van der Waals surface area contributed by atoms with Crippen LogP contribution in [0.3, 0.4) is 0 Å². The van der Waals surface area contributed by atoms with E-state index in [0.29, 0.717) is 18.1 Å². The summed E-state index contributed by atoms with van der Waals surface area (Å²) in [4.78, 5) is 9.42. The number of rotatable bonds is 4. The van der Waals surface area contributed by atoms with E-state index in [4.69, 9.17) is 16.6 Å². The summed E-state index contributed by atoms with van der Waals surface area (Å²) in [6.45, 7) is 4.81. The summed E-state index contributed by atoms with van der Waals surface area (Å²) < 4.78 is 2.12. The second-order valence-corrected chi connectivity index (χ2v) is 7.93. The van der Waals surface area contributed by atoms with Crippen LogP contribution in [-0.4, -0.2) is 69.8 Å². The van der Waals surface area contributed by atoms with Crippen molar-refractivity contribution in [1.82, 2.24) is 19.7 Å². The zero-order chi connectivity index (χ0) is 20.5. The largest absolute Gasteiger partial charge is 0.395 e. The normalized spacial score (nSPS) is 16.6. The van der Waals surface area contributed by atoms with Crippen LogP contribution in [0.2, 0.25) is 5.02 Å². The first-order valence-electron chi connectivity index (χ1n) is 10.2. The Balaban J connectivity index is 1.56. The van der Waals surface area contributed by atoms with E-state index >= 15 is 0 Å². The van der Waals surface area contributed by atoms with Crippen molar-refractivity contribution in [1.29, 1.82) is 0 Å². The van der Waals surface area contributed by atoms with E-state index in [1.807, 2.05) is 36.4 Å². The summed E-state index contributed by atoms with van der Waals surface area (Å²) in [6, 6.07) is 16.1. The maximum absolute atomic E-state index is 9.20. The maximum atomic E-state index is 9.20. The number of aliphatic imine (C=N–C) groups is 1. The molecule has 3 heterocycles. The predicted molar refractivity (Wildman–Crippen MR) is 118 cm³/mol. The molecule has 2 aromatic carbocycles. The second kappa shape index (κ2) is 8.18. The Labute approximate surface area is 180 Å². The summed E-state index contributed by atoms with van der Waals surface area (Å²) in [5.74, 6) is 1.65. The molecule has 0 atom stereocenters. The molecule has 30 heavy (non-hydrogen) atoms. The van der Waals surface area contributed by atoms with Crippen LogP contribution >= 0.6 is 11.6 Å². The molecule has 3 aromatic rings. The van der Waals surface area contributed by atoms with Crippen LogP contribution in [-0.2, 0) is 6.54 Å². The smallest absolute Gasteiger partial charge is 0.232 e. The van der Waals surface area contributed by atoms with Crippen LogP contribution in [0.5, 0.6) is 0 Å². The van der Waals surface area contributed by atoms with E-state index in [1.54, 1.807) is 0 Å². The first-order chi connectivity index (χ1) is 14.7. The van der Waals surface area contributed by atoms with Gasteiger partial charge in [-0.05, 0) is 18.2 Å². The number of anilines is 1. The van der Waals surface area contributed by atoms with Gasteiger partial charge in [0, 0.05) is 48.9 Å². The van der Waals surface area contributed by atoms with E-state index in [-0.39, 0.29) is 6.61 Å². The number of benzene rings is 2. The molecule has 8 heteroatoms. The van der Waals surface area contributed by atoms with Gasteiger partial charge in [-0.1, -0.05) is 41.9 Å². The van der Waals surface area contributed by atoms with Crippen molar-refractivity contribution in [2.24, 2.45) is 4.99 Å². The molecule has 0 saturated carbocycles. The first kappa shape index (κ1) is 19.2. The van der Waals surface area contributed by atoms with Gasteiger partial charge < -0.3 is 10.0 Å². The van der Waals surface area contributed by atoms with Gasteiger partial charge >= 0.3 is 0 Å². The van der Waals surface area contributed by atoms with E-state index in [9.17, 15) is 5.11 Å². The Kier molecular flexibility index (Phi) is 5.25. The van der Waals surface area contributed by atoms with Crippen LogP contribution in [0, 0.1) is 0 Å². The highest BCUT2D eigenvalue weighted by Crippen LogP contribution is 2.31. The van der Waals surface area contributed by atoms with E-state index in [0.717, 1.165) is 60.5 Å². The maximum Gasteiger partial charge on any atom is 0.232 e. The van der Waals surface area contributed by atoms with Gasteiger partial charge in [0.15, 0.2) is 5.82 Å². The Morgan fingerprint density at radius 2 is 1.77 bits per heavy atom. The van der Waals surface area contributed by atoms with Gasteiger partial charge in [0.05, 0.1) is 18.0 Å². The molecule has 154 valence electrons. The molecule has 1 aromatic heterocycles. The Hall–Kier alpha value is -2.74. The number of fused-ring (bicyclic) bond motifs is 3. The molecule has 2 aliphatic heterocycles. The molecule has 0 bridgehead atoms. The third-order valence-electron chi connectivity index (χ3n) is 5.66. The van der Waals surface area contributed by atoms with Gasteiger partial charge in [-0.2, -0.15) is 0 Å². The SMILES string of the molecule is OCCN1CCN(c2nnc3n2-c2ccc(Cl)cc2C(c2ccccc2)=NC3)CC1. The molecule has 0 spiro atoms. The third-order valence-corrected chi connectivity index (χ3v) is 5.90. The van der Waals surface area contributed by atoms with Crippen LogP contribution in [0.4, 0.5) is 5.95 Å². The lowest BCUT2D eigenvalue weighted by molar-refractivity contribution is 0.188. The number of aromatic nitrogens is 3.